The molecule has 1 amide bonds. The van der Waals surface area contributed by atoms with Gasteiger partial charge in [0.15, 0.2) is 0 Å². The minimum absolute atomic E-state index is 0.110. The maximum atomic E-state index is 12.7. The highest BCUT2D eigenvalue weighted by atomic mass is 16.5. The summed E-state index contributed by atoms with van der Waals surface area (Å²) in [7, 11) is 0. The van der Waals surface area contributed by atoms with Crippen LogP contribution in [0.2, 0.25) is 0 Å². The van der Waals surface area contributed by atoms with Crippen LogP contribution in [0.1, 0.15) is 40.9 Å². The second-order valence-corrected chi connectivity index (χ2v) is 5.74. The monoisotopic (exact) mass is 261 g/mol. The van der Waals surface area contributed by atoms with Gasteiger partial charge in [0.2, 0.25) is 0 Å². The third-order valence-corrected chi connectivity index (χ3v) is 3.60. The molecule has 1 aromatic carbocycles. The zero-order valence-corrected chi connectivity index (χ0v) is 12.5. The predicted molar refractivity (Wildman–Crippen MR) is 76.6 cm³/mol. The molecule has 0 spiro atoms. The van der Waals surface area contributed by atoms with Crippen molar-refractivity contribution in [2.24, 2.45) is 0 Å². The van der Waals surface area contributed by atoms with Crippen LogP contribution in [0.3, 0.4) is 0 Å². The molecule has 0 N–H and O–H groups in total. The Kier molecular flexibility index (Phi) is 3.95. The predicted octanol–water partition coefficient (Wildman–Crippen LogP) is 2.86. The van der Waals surface area contributed by atoms with E-state index < -0.39 is 0 Å². The van der Waals surface area contributed by atoms with Crippen molar-refractivity contribution in [2.45, 2.75) is 46.8 Å². The molecule has 1 aromatic rings. The fourth-order valence-corrected chi connectivity index (χ4v) is 3.02. The Balaban J connectivity index is 2.29. The zero-order valence-electron chi connectivity index (χ0n) is 12.5. The van der Waals surface area contributed by atoms with Crippen molar-refractivity contribution in [3.63, 3.8) is 0 Å². The lowest BCUT2D eigenvalue weighted by Gasteiger charge is -2.36. The topological polar surface area (TPSA) is 29.5 Å². The van der Waals surface area contributed by atoms with E-state index in [0.29, 0.717) is 13.1 Å². The van der Waals surface area contributed by atoms with E-state index in [9.17, 15) is 4.79 Å². The first-order valence-corrected chi connectivity index (χ1v) is 6.91. The van der Waals surface area contributed by atoms with Crippen molar-refractivity contribution in [3.05, 3.63) is 34.4 Å². The van der Waals surface area contributed by atoms with Gasteiger partial charge in [0.25, 0.3) is 5.91 Å². The van der Waals surface area contributed by atoms with E-state index >= 15 is 0 Å². The summed E-state index contributed by atoms with van der Waals surface area (Å²) in [5, 5.41) is 0. The maximum Gasteiger partial charge on any atom is 0.254 e. The molecule has 0 bridgehead atoms. The average Bonchev–Trinajstić information content (AvgIpc) is 2.25. The smallest absolute Gasteiger partial charge is 0.254 e. The molecule has 3 heteroatoms. The number of nitrogens with zero attached hydrogens (tertiary/aromatic N) is 1. The van der Waals surface area contributed by atoms with E-state index in [0.717, 1.165) is 16.7 Å². The number of amides is 1. The first kappa shape index (κ1) is 14.1. The first-order chi connectivity index (χ1) is 8.88. The van der Waals surface area contributed by atoms with Crippen LogP contribution < -0.4 is 0 Å². The summed E-state index contributed by atoms with van der Waals surface area (Å²) >= 11 is 0. The number of ether oxygens (including phenoxy) is 1. The van der Waals surface area contributed by atoms with Crippen LogP contribution in [-0.4, -0.2) is 36.1 Å². The van der Waals surface area contributed by atoms with Gasteiger partial charge in [0.1, 0.15) is 0 Å². The van der Waals surface area contributed by atoms with Crippen molar-refractivity contribution < 1.29 is 9.53 Å². The number of carbonyl (C=O) groups excluding carboxylic acids is 1. The minimum Gasteiger partial charge on any atom is -0.372 e. The summed E-state index contributed by atoms with van der Waals surface area (Å²) in [6, 6.07) is 4.15. The largest absolute Gasteiger partial charge is 0.372 e. The Morgan fingerprint density at radius 1 is 1.11 bits per heavy atom. The van der Waals surface area contributed by atoms with Crippen LogP contribution >= 0.6 is 0 Å². The number of aryl methyl sites for hydroxylation is 3. The Labute approximate surface area is 115 Å². The molecule has 2 rings (SSSR count). The van der Waals surface area contributed by atoms with Crippen LogP contribution in [-0.2, 0) is 4.74 Å². The molecular formula is C16H23NO2. The van der Waals surface area contributed by atoms with E-state index in [1.165, 1.54) is 5.56 Å². The average molecular weight is 261 g/mol. The number of hydrogen-bond acceptors (Lipinski definition) is 2. The summed E-state index contributed by atoms with van der Waals surface area (Å²) in [4.78, 5) is 14.6. The second-order valence-electron chi connectivity index (χ2n) is 5.74. The van der Waals surface area contributed by atoms with Gasteiger partial charge in [-0.15, -0.1) is 0 Å². The molecule has 0 radical (unpaired) electrons. The number of morpholine rings is 1. The van der Waals surface area contributed by atoms with Crippen molar-refractivity contribution >= 4 is 5.91 Å². The van der Waals surface area contributed by atoms with Gasteiger partial charge in [-0.1, -0.05) is 17.7 Å². The van der Waals surface area contributed by atoms with Gasteiger partial charge in [-0.3, -0.25) is 4.79 Å². The van der Waals surface area contributed by atoms with E-state index in [1.807, 2.05) is 32.6 Å². The highest BCUT2D eigenvalue weighted by Gasteiger charge is 2.28. The molecule has 2 atom stereocenters. The number of carbonyl (C=O) groups is 1. The molecule has 0 saturated carbocycles. The second kappa shape index (κ2) is 5.33. The van der Waals surface area contributed by atoms with E-state index in [-0.39, 0.29) is 18.1 Å². The summed E-state index contributed by atoms with van der Waals surface area (Å²) < 4.78 is 5.69. The molecule has 1 aliphatic heterocycles. The molecule has 0 aliphatic carbocycles. The fourth-order valence-electron chi connectivity index (χ4n) is 3.02. The van der Waals surface area contributed by atoms with Gasteiger partial charge >= 0.3 is 0 Å². The lowest BCUT2D eigenvalue weighted by atomic mass is 9.98. The van der Waals surface area contributed by atoms with Gasteiger partial charge < -0.3 is 9.64 Å². The number of rotatable bonds is 1. The molecule has 3 nitrogen and oxygen atoms in total. The molecule has 1 fully saturated rings. The molecule has 1 aliphatic rings. The normalized spacial score (nSPS) is 23.5. The summed E-state index contributed by atoms with van der Waals surface area (Å²) in [5.74, 6) is 0.136. The van der Waals surface area contributed by atoms with Gasteiger partial charge in [-0.25, -0.2) is 0 Å². The Hall–Kier alpha value is -1.35. The Bertz CT molecular complexity index is 463. The molecular weight excluding hydrogens is 238 g/mol. The fraction of sp³-hybridized carbons (Fsp3) is 0.562. The van der Waals surface area contributed by atoms with Crippen molar-refractivity contribution in [1.29, 1.82) is 0 Å². The highest BCUT2D eigenvalue weighted by Crippen LogP contribution is 2.21. The number of hydrogen-bond donors (Lipinski definition) is 0. The summed E-state index contributed by atoms with van der Waals surface area (Å²) in [5.41, 5.74) is 4.19. The SMILES string of the molecule is Cc1cc(C)c(C(=O)N2CC(C)OC(C)C2)c(C)c1. The molecule has 1 heterocycles. The van der Waals surface area contributed by atoms with Gasteiger partial charge in [0, 0.05) is 18.7 Å². The third kappa shape index (κ3) is 2.98. The quantitative estimate of drug-likeness (QED) is 0.778. The molecule has 104 valence electrons. The van der Waals surface area contributed by atoms with Crippen molar-refractivity contribution in [1.82, 2.24) is 4.90 Å². The minimum atomic E-state index is 0.110. The first-order valence-electron chi connectivity index (χ1n) is 6.91. The standard InChI is InChI=1S/C16H23NO2/c1-10-6-11(2)15(12(3)7-10)16(18)17-8-13(4)19-14(5)9-17/h6-7,13-14H,8-9H2,1-5H3. The Morgan fingerprint density at radius 3 is 2.05 bits per heavy atom. The summed E-state index contributed by atoms with van der Waals surface area (Å²) in [6.45, 7) is 11.5. The van der Waals surface area contributed by atoms with Crippen LogP contribution in [0.4, 0.5) is 0 Å². The van der Waals surface area contributed by atoms with E-state index in [2.05, 4.69) is 19.1 Å². The number of benzene rings is 1. The van der Waals surface area contributed by atoms with Crippen LogP contribution in [0, 0.1) is 20.8 Å². The maximum absolute atomic E-state index is 12.7. The summed E-state index contributed by atoms with van der Waals surface area (Å²) in [6.07, 6.45) is 0.220. The molecule has 1 saturated heterocycles. The molecule has 2 unspecified atom stereocenters. The molecule has 19 heavy (non-hydrogen) atoms. The van der Waals surface area contributed by atoms with Crippen molar-refractivity contribution in [2.75, 3.05) is 13.1 Å². The van der Waals surface area contributed by atoms with Gasteiger partial charge in [-0.2, -0.15) is 0 Å². The Morgan fingerprint density at radius 2 is 1.58 bits per heavy atom. The van der Waals surface area contributed by atoms with Gasteiger partial charge in [-0.05, 0) is 45.7 Å². The third-order valence-electron chi connectivity index (χ3n) is 3.60. The van der Waals surface area contributed by atoms with Crippen LogP contribution in [0.5, 0.6) is 0 Å². The zero-order chi connectivity index (χ0) is 14.2. The highest BCUT2D eigenvalue weighted by molar-refractivity contribution is 5.97. The van der Waals surface area contributed by atoms with E-state index in [4.69, 9.17) is 4.74 Å². The van der Waals surface area contributed by atoms with E-state index in [1.54, 1.807) is 0 Å². The van der Waals surface area contributed by atoms with Crippen molar-refractivity contribution in [3.8, 4) is 0 Å². The lowest BCUT2D eigenvalue weighted by Crippen LogP contribution is -2.48. The van der Waals surface area contributed by atoms with Crippen LogP contribution in [0.25, 0.3) is 0 Å². The van der Waals surface area contributed by atoms with Gasteiger partial charge in [0.05, 0.1) is 12.2 Å². The van der Waals surface area contributed by atoms with Crippen LogP contribution in [0.15, 0.2) is 12.1 Å². The lowest BCUT2D eigenvalue weighted by molar-refractivity contribution is -0.0586. The molecule has 0 aromatic heterocycles.